The Morgan fingerprint density at radius 3 is 2.65 bits per heavy atom. The standard InChI is InChI=1S/C10H7ClFN3O4S/c11-20(18,19)8-4-13-14(6-8)5-7-1-2-10(15(16)17)9(12)3-7/h1-4,6H,5H2. The van der Waals surface area contributed by atoms with Crippen molar-refractivity contribution in [1.82, 2.24) is 9.78 Å². The molecule has 0 aliphatic heterocycles. The highest BCUT2D eigenvalue weighted by Gasteiger charge is 2.15. The number of rotatable bonds is 4. The minimum Gasteiger partial charge on any atom is -0.267 e. The summed E-state index contributed by atoms with van der Waals surface area (Å²) in [6.07, 6.45) is 2.24. The lowest BCUT2D eigenvalue weighted by Crippen LogP contribution is -2.01. The third-order valence-corrected chi connectivity index (χ3v) is 3.75. The summed E-state index contributed by atoms with van der Waals surface area (Å²) in [5, 5.41) is 14.2. The lowest BCUT2D eigenvalue weighted by molar-refractivity contribution is -0.387. The van der Waals surface area contributed by atoms with Crippen LogP contribution in [0.1, 0.15) is 5.56 Å². The van der Waals surface area contributed by atoms with Crippen LogP contribution >= 0.6 is 10.7 Å². The second kappa shape index (κ2) is 5.17. The fourth-order valence-electron chi connectivity index (χ4n) is 1.54. The monoisotopic (exact) mass is 319 g/mol. The molecule has 2 aromatic rings. The van der Waals surface area contributed by atoms with Crippen LogP contribution in [0.15, 0.2) is 35.5 Å². The van der Waals surface area contributed by atoms with Gasteiger partial charge < -0.3 is 0 Å². The fourth-order valence-corrected chi connectivity index (χ4v) is 2.20. The maximum atomic E-state index is 13.4. The average Bonchev–Trinajstić information content (AvgIpc) is 2.76. The molecule has 7 nitrogen and oxygen atoms in total. The molecule has 0 unspecified atom stereocenters. The number of hydrogen-bond donors (Lipinski definition) is 0. The molecule has 0 saturated carbocycles. The number of benzene rings is 1. The SMILES string of the molecule is O=[N+]([O-])c1ccc(Cn2cc(S(=O)(=O)Cl)cn2)cc1F. The van der Waals surface area contributed by atoms with E-state index < -0.39 is 25.5 Å². The summed E-state index contributed by atoms with van der Waals surface area (Å²) in [5.74, 6) is -0.968. The first-order valence-electron chi connectivity index (χ1n) is 5.17. The van der Waals surface area contributed by atoms with Crippen LogP contribution in [0.5, 0.6) is 0 Å². The third-order valence-electron chi connectivity index (χ3n) is 2.44. The van der Waals surface area contributed by atoms with Gasteiger partial charge in [0.05, 0.1) is 17.7 Å². The van der Waals surface area contributed by atoms with E-state index in [1.165, 1.54) is 16.9 Å². The first-order valence-corrected chi connectivity index (χ1v) is 7.48. The van der Waals surface area contributed by atoms with Gasteiger partial charge in [-0.3, -0.25) is 14.8 Å². The van der Waals surface area contributed by atoms with Gasteiger partial charge in [-0.1, -0.05) is 6.07 Å². The van der Waals surface area contributed by atoms with Crippen LogP contribution in [0.25, 0.3) is 0 Å². The van der Waals surface area contributed by atoms with Crippen LogP contribution < -0.4 is 0 Å². The zero-order valence-electron chi connectivity index (χ0n) is 9.73. The largest absolute Gasteiger partial charge is 0.304 e. The van der Waals surface area contributed by atoms with Crippen molar-refractivity contribution >= 4 is 25.4 Å². The number of aromatic nitrogens is 2. The normalized spacial score (nSPS) is 11.5. The van der Waals surface area contributed by atoms with Gasteiger partial charge in [0.2, 0.25) is 5.82 Å². The molecule has 0 fully saturated rings. The van der Waals surface area contributed by atoms with Crippen molar-refractivity contribution in [1.29, 1.82) is 0 Å². The Hall–Kier alpha value is -2.00. The van der Waals surface area contributed by atoms with Gasteiger partial charge in [-0.25, -0.2) is 8.42 Å². The molecule has 0 saturated heterocycles. The quantitative estimate of drug-likeness (QED) is 0.487. The predicted molar refractivity (Wildman–Crippen MR) is 67.4 cm³/mol. The summed E-state index contributed by atoms with van der Waals surface area (Å²) < 4.78 is 36.7. The van der Waals surface area contributed by atoms with Gasteiger partial charge in [0.25, 0.3) is 9.05 Å². The van der Waals surface area contributed by atoms with E-state index in [9.17, 15) is 22.9 Å². The van der Waals surface area contributed by atoms with Crippen LogP contribution in [0.4, 0.5) is 10.1 Å². The smallest absolute Gasteiger partial charge is 0.267 e. The molecule has 0 N–H and O–H groups in total. The van der Waals surface area contributed by atoms with Crippen LogP contribution in [0.3, 0.4) is 0 Å². The molecule has 0 bridgehead atoms. The molecule has 1 heterocycles. The summed E-state index contributed by atoms with van der Waals surface area (Å²) in [5.41, 5.74) is -0.229. The van der Waals surface area contributed by atoms with Crippen LogP contribution in [0.2, 0.25) is 0 Å². The predicted octanol–water partition coefficient (Wildman–Crippen LogP) is 1.91. The first-order chi connectivity index (χ1) is 9.27. The lowest BCUT2D eigenvalue weighted by Gasteiger charge is -2.02. The van der Waals surface area contributed by atoms with Gasteiger partial charge in [0.15, 0.2) is 0 Å². The van der Waals surface area contributed by atoms with Crippen molar-refractivity contribution in [2.45, 2.75) is 11.4 Å². The van der Waals surface area contributed by atoms with E-state index in [1.54, 1.807) is 0 Å². The number of nitro benzene ring substituents is 1. The maximum Gasteiger partial charge on any atom is 0.304 e. The van der Waals surface area contributed by atoms with E-state index in [0.29, 0.717) is 5.56 Å². The zero-order valence-corrected chi connectivity index (χ0v) is 11.3. The molecule has 0 radical (unpaired) electrons. The van der Waals surface area contributed by atoms with E-state index in [1.807, 2.05) is 0 Å². The van der Waals surface area contributed by atoms with Crippen LogP contribution in [0, 0.1) is 15.9 Å². The molecular weight excluding hydrogens is 313 g/mol. The Morgan fingerprint density at radius 1 is 1.45 bits per heavy atom. The van der Waals surface area contributed by atoms with Crippen LogP contribution in [-0.4, -0.2) is 23.1 Å². The molecule has 1 aromatic carbocycles. The molecule has 106 valence electrons. The summed E-state index contributed by atoms with van der Waals surface area (Å²) in [4.78, 5) is 9.46. The van der Waals surface area contributed by atoms with Crippen LogP contribution in [-0.2, 0) is 15.6 Å². The van der Waals surface area contributed by atoms with E-state index in [2.05, 4.69) is 5.10 Å². The van der Waals surface area contributed by atoms with Crippen molar-refractivity contribution in [2.24, 2.45) is 0 Å². The Labute approximate surface area is 117 Å². The van der Waals surface area contributed by atoms with Gasteiger partial charge in [0, 0.05) is 22.9 Å². The minimum atomic E-state index is -3.87. The Kier molecular flexibility index (Phi) is 3.73. The molecule has 0 amide bonds. The molecule has 10 heteroatoms. The first kappa shape index (κ1) is 14.4. The van der Waals surface area contributed by atoms with Gasteiger partial charge >= 0.3 is 5.69 Å². The lowest BCUT2D eigenvalue weighted by atomic mass is 10.2. The highest BCUT2D eigenvalue weighted by molar-refractivity contribution is 8.13. The zero-order chi connectivity index (χ0) is 14.9. The number of halogens is 2. The summed E-state index contributed by atoms with van der Waals surface area (Å²) in [6, 6.07) is 3.39. The molecule has 2 rings (SSSR count). The van der Waals surface area contributed by atoms with Crippen molar-refractivity contribution < 1.29 is 17.7 Å². The maximum absolute atomic E-state index is 13.4. The van der Waals surface area contributed by atoms with E-state index in [-0.39, 0.29) is 11.4 Å². The topological polar surface area (TPSA) is 95.1 Å². The second-order valence-electron chi connectivity index (χ2n) is 3.85. The molecule has 20 heavy (non-hydrogen) atoms. The van der Waals surface area contributed by atoms with E-state index in [4.69, 9.17) is 10.7 Å². The average molecular weight is 320 g/mol. The summed E-state index contributed by atoms with van der Waals surface area (Å²) >= 11 is 0. The number of nitrogens with zero attached hydrogens (tertiary/aromatic N) is 3. The summed E-state index contributed by atoms with van der Waals surface area (Å²) in [7, 11) is 1.26. The minimum absolute atomic E-state index is 0.0569. The van der Waals surface area contributed by atoms with Gasteiger partial charge in [-0.15, -0.1) is 0 Å². The molecule has 0 atom stereocenters. The number of hydrogen-bond acceptors (Lipinski definition) is 5. The van der Waals surface area contributed by atoms with Gasteiger partial charge in [-0.05, 0) is 11.6 Å². The second-order valence-corrected chi connectivity index (χ2v) is 6.42. The van der Waals surface area contributed by atoms with E-state index >= 15 is 0 Å². The molecule has 0 aliphatic rings. The Bertz CT molecular complexity index is 775. The Morgan fingerprint density at radius 2 is 2.15 bits per heavy atom. The molecular formula is C10H7ClFN3O4S. The molecule has 0 spiro atoms. The van der Waals surface area contributed by atoms with Gasteiger partial charge in [-0.2, -0.15) is 9.49 Å². The van der Waals surface area contributed by atoms with Crippen molar-refractivity contribution in [2.75, 3.05) is 0 Å². The highest BCUT2D eigenvalue weighted by Crippen LogP contribution is 2.19. The Balaban J connectivity index is 2.25. The van der Waals surface area contributed by atoms with Crippen molar-refractivity contribution in [3.05, 3.63) is 52.1 Å². The van der Waals surface area contributed by atoms with E-state index in [0.717, 1.165) is 18.3 Å². The third kappa shape index (κ3) is 3.11. The van der Waals surface area contributed by atoms with Gasteiger partial charge in [0.1, 0.15) is 4.90 Å². The van der Waals surface area contributed by atoms with Crippen molar-refractivity contribution in [3.63, 3.8) is 0 Å². The van der Waals surface area contributed by atoms with Crippen molar-refractivity contribution in [3.8, 4) is 0 Å². The highest BCUT2D eigenvalue weighted by atomic mass is 35.7. The number of nitro groups is 1. The summed E-state index contributed by atoms with van der Waals surface area (Å²) in [6.45, 7) is 0.0569. The molecule has 0 aliphatic carbocycles. The molecule has 1 aromatic heterocycles. The fraction of sp³-hybridized carbons (Fsp3) is 0.100.